The highest BCUT2D eigenvalue weighted by Crippen LogP contribution is 2.22. The van der Waals surface area contributed by atoms with Gasteiger partial charge in [0.15, 0.2) is 0 Å². The first-order valence-corrected chi connectivity index (χ1v) is 7.15. The Kier molecular flexibility index (Phi) is 3.69. The van der Waals surface area contributed by atoms with Gasteiger partial charge in [-0.15, -0.1) is 0 Å². The number of amides is 1. The fraction of sp³-hybridized carbons (Fsp3) is 0.0588. The van der Waals surface area contributed by atoms with Crippen LogP contribution in [0.2, 0.25) is 5.02 Å². The molecule has 3 rings (SSSR count). The largest absolute Gasteiger partial charge is 0.364 e. The van der Waals surface area contributed by atoms with Crippen molar-refractivity contribution in [3.8, 4) is 16.9 Å². The lowest BCUT2D eigenvalue weighted by Crippen LogP contribution is -2.16. The Balaban J connectivity index is 2.11. The third-order valence-electron chi connectivity index (χ3n) is 3.38. The number of hydrogen-bond acceptors (Lipinski definition) is 2. The smallest absolute Gasteiger partial charge is 0.267 e. The number of rotatable bonds is 3. The summed E-state index contributed by atoms with van der Waals surface area (Å²) in [7, 11) is 0. The molecule has 0 aliphatic rings. The number of aryl methyl sites for hydroxylation is 1. The predicted octanol–water partition coefficient (Wildman–Crippen LogP) is 3.60. The van der Waals surface area contributed by atoms with Crippen molar-refractivity contribution < 1.29 is 4.79 Å². The number of nitrogens with two attached hydrogens (primary N) is 1. The van der Waals surface area contributed by atoms with E-state index in [1.807, 2.05) is 31.2 Å². The van der Waals surface area contributed by atoms with Gasteiger partial charge in [0.25, 0.3) is 5.91 Å². The minimum atomic E-state index is -0.527. The van der Waals surface area contributed by atoms with Crippen LogP contribution in [0.1, 0.15) is 16.1 Å². The Labute approximate surface area is 133 Å². The lowest BCUT2D eigenvalue weighted by molar-refractivity contribution is 0.0993. The average Bonchev–Trinajstić information content (AvgIpc) is 2.94. The molecular formula is C17H14ClN3O. The molecule has 0 fully saturated rings. The molecule has 1 amide bonds. The predicted molar refractivity (Wildman–Crippen MR) is 87.3 cm³/mol. The average molecular weight is 312 g/mol. The van der Waals surface area contributed by atoms with E-state index in [2.05, 4.69) is 5.10 Å². The number of carbonyl (C=O) groups excluding carboxylic acids is 1. The van der Waals surface area contributed by atoms with Gasteiger partial charge in [0, 0.05) is 10.6 Å². The fourth-order valence-electron chi connectivity index (χ4n) is 2.20. The van der Waals surface area contributed by atoms with E-state index in [9.17, 15) is 4.79 Å². The maximum Gasteiger partial charge on any atom is 0.267 e. The molecule has 2 N–H and O–H groups in total. The number of primary amides is 1. The molecule has 1 heterocycles. The van der Waals surface area contributed by atoms with Crippen LogP contribution in [0.4, 0.5) is 0 Å². The number of nitrogens with zero attached hydrogens (tertiary/aromatic N) is 2. The van der Waals surface area contributed by atoms with Crippen molar-refractivity contribution in [1.29, 1.82) is 0 Å². The molecule has 0 aliphatic heterocycles. The number of halogens is 1. The van der Waals surface area contributed by atoms with Gasteiger partial charge in [-0.1, -0.05) is 41.4 Å². The van der Waals surface area contributed by atoms with E-state index in [0.29, 0.717) is 16.4 Å². The second kappa shape index (κ2) is 5.66. The molecule has 4 nitrogen and oxygen atoms in total. The van der Waals surface area contributed by atoms with Crippen LogP contribution in [0.5, 0.6) is 0 Å². The van der Waals surface area contributed by atoms with Crippen LogP contribution in [0.15, 0.2) is 54.6 Å². The maximum atomic E-state index is 11.7. The summed E-state index contributed by atoms with van der Waals surface area (Å²) in [4.78, 5) is 11.7. The second-order valence-electron chi connectivity index (χ2n) is 5.03. The minimum Gasteiger partial charge on any atom is -0.364 e. The molecule has 5 heteroatoms. The van der Waals surface area contributed by atoms with E-state index in [-0.39, 0.29) is 0 Å². The molecule has 0 spiro atoms. The van der Waals surface area contributed by atoms with Gasteiger partial charge in [-0.05, 0) is 37.3 Å². The van der Waals surface area contributed by atoms with Gasteiger partial charge >= 0.3 is 0 Å². The Morgan fingerprint density at radius 1 is 1.09 bits per heavy atom. The SMILES string of the molecule is Cc1ccc(-c2cc(C(N)=O)n(-c3ccc(Cl)cc3)n2)cc1. The van der Waals surface area contributed by atoms with Crippen LogP contribution in [0.3, 0.4) is 0 Å². The molecule has 110 valence electrons. The monoisotopic (exact) mass is 311 g/mol. The fourth-order valence-corrected chi connectivity index (χ4v) is 2.33. The number of aromatic nitrogens is 2. The summed E-state index contributed by atoms with van der Waals surface area (Å²) >= 11 is 5.90. The first kappa shape index (κ1) is 14.4. The molecule has 0 atom stereocenters. The van der Waals surface area contributed by atoms with Crippen LogP contribution in [0.25, 0.3) is 16.9 Å². The van der Waals surface area contributed by atoms with Gasteiger partial charge in [-0.2, -0.15) is 5.10 Å². The third-order valence-corrected chi connectivity index (χ3v) is 3.63. The van der Waals surface area contributed by atoms with E-state index in [0.717, 1.165) is 16.8 Å². The normalized spacial score (nSPS) is 10.6. The molecule has 0 saturated heterocycles. The first-order chi connectivity index (χ1) is 10.5. The maximum absolute atomic E-state index is 11.7. The van der Waals surface area contributed by atoms with Crippen molar-refractivity contribution in [2.24, 2.45) is 5.73 Å². The van der Waals surface area contributed by atoms with Crippen LogP contribution in [0, 0.1) is 6.92 Å². The highest BCUT2D eigenvalue weighted by molar-refractivity contribution is 6.30. The zero-order valence-electron chi connectivity index (χ0n) is 12.0. The van der Waals surface area contributed by atoms with Gasteiger partial charge in [0.1, 0.15) is 5.69 Å². The summed E-state index contributed by atoms with van der Waals surface area (Å²) in [5.74, 6) is -0.527. The van der Waals surface area contributed by atoms with Crippen molar-refractivity contribution in [2.75, 3.05) is 0 Å². The van der Waals surface area contributed by atoms with E-state index in [4.69, 9.17) is 17.3 Å². The van der Waals surface area contributed by atoms with Crippen molar-refractivity contribution in [3.63, 3.8) is 0 Å². The number of benzene rings is 2. The van der Waals surface area contributed by atoms with Crippen molar-refractivity contribution in [1.82, 2.24) is 9.78 Å². The molecule has 0 saturated carbocycles. The molecule has 22 heavy (non-hydrogen) atoms. The number of hydrogen-bond donors (Lipinski definition) is 1. The van der Waals surface area contributed by atoms with Gasteiger partial charge in [0.05, 0.1) is 11.4 Å². The lowest BCUT2D eigenvalue weighted by atomic mass is 10.1. The van der Waals surface area contributed by atoms with Crippen molar-refractivity contribution >= 4 is 17.5 Å². The summed E-state index contributed by atoms with van der Waals surface area (Å²) in [6.07, 6.45) is 0. The summed E-state index contributed by atoms with van der Waals surface area (Å²) in [6.45, 7) is 2.02. The highest BCUT2D eigenvalue weighted by atomic mass is 35.5. The van der Waals surface area contributed by atoms with Crippen LogP contribution in [-0.4, -0.2) is 15.7 Å². The summed E-state index contributed by atoms with van der Waals surface area (Å²) < 4.78 is 1.54. The Morgan fingerprint density at radius 3 is 2.32 bits per heavy atom. The molecule has 0 aliphatic carbocycles. The van der Waals surface area contributed by atoms with Crippen LogP contribution in [-0.2, 0) is 0 Å². The van der Waals surface area contributed by atoms with E-state index in [1.54, 1.807) is 30.3 Å². The molecule has 0 radical (unpaired) electrons. The van der Waals surface area contributed by atoms with E-state index in [1.165, 1.54) is 4.68 Å². The highest BCUT2D eigenvalue weighted by Gasteiger charge is 2.15. The second-order valence-corrected chi connectivity index (χ2v) is 5.47. The first-order valence-electron chi connectivity index (χ1n) is 6.77. The summed E-state index contributed by atoms with van der Waals surface area (Å²) in [6, 6.07) is 16.7. The Bertz CT molecular complexity index is 820. The van der Waals surface area contributed by atoms with Crippen LogP contribution < -0.4 is 5.73 Å². The van der Waals surface area contributed by atoms with Crippen molar-refractivity contribution in [3.05, 3.63) is 70.9 Å². The van der Waals surface area contributed by atoms with Gasteiger partial charge in [0.2, 0.25) is 0 Å². The molecule has 2 aromatic carbocycles. The molecule has 3 aromatic rings. The Morgan fingerprint density at radius 2 is 1.73 bits per heavy atom. The summed E-state index contributed by atoms with van der Waals surface area (Å²) in [5, 5.41) is 5.12. The Hall–Kier alpha value is -2.59. The van der Waals surface area contributed by atoms with Gasteiger partial charge in [-0.25, -0.2) is 4.68 Å². The number of carbonyl (C=O) groups is 1. The molecule has 1 aromatic heterocycles. The molecule has 0 unspecified atom stereocenters. The van der Waals surface area contributed by atoms with Gasteiger partial charge in [-0.3, -0.25) is 4.79 Å². The third kappa shape index (κ3) is 2.73. The zero-order chi connectivity index (χ0) is 15.7. The molecule has 0 bridgehead atoms. The van der Waals surface area contributed by atoms with E-state index < -0.39 is 5.91 Å². The topological polar surface area (TPSA) is 60.9 Å². The summed E-state index contributed by atoms with van der Waals surface area (Å²) in [5.41, 5.74) is 9.33. The van der Waals surface area contributed by atoms with E-state index >= 15 is 0 Å². The van der Waals surface area contributed by atoms with Crippen LogP contribution >= 0.6 is 11.6 Å². The van der Waals surface area contributed by atoms with Crippen molar-refractivity contribution in [2.45, 2.75) is 6.92 Å². The zero-order valence-corrected chi connectivity index (χ0v) is 12.7. The quantitative estimate of drug-likeness (QED) is 0.803. The molecular weight excluding hydrogens is 298 g/mol. The van der Waals surface area contributed by atoms with Gasteiger partial charge < -0.3 is 5.73 Å². The lowest BCUT2D eigenvalue weighted by Gasteiger charge is -2.04. The minimum absolute atomic E-state index is 0.331. The standard InChI is InChI=1S/C17H14ClN3O/c1-11-2-4-12(5-3-11)15-10-16(17(19)22)21(20-15)14-8-6-13(18)7-9-14/h2-10H,1H3,(H2,19,22).